The maximum Gasteiger partial charge on any atom is 0.151 e. The third kappa shape index (κ3) is 3.27. The van der Waals surface area contributed by atoms with Gasteiger partial charge in [-0.1, -0.05) is 6.07 Å². The van der Waals surface area contributed by atoms with E-state index in [-0.39, 0.29) is 11.9 Å². The summed E-state index contributed by atoms with van der Waals surface area (Å²) in [6.07, 6.45) is 3.28. The van der Waals surface area contributed by atoms with Gasteiger partial charge in [-0.2, -0.15) is 5.10 Å². The average Bonchev–Trinajstić information content (AvgIpc) is 3.23. The monoisotopic (exact) mass is 344 g/mol. The number of aromatic nitrogens is 5. The van der Waals surface area contributed by atoms with Crippen molar-refractivity contribution in [3.8, 4) is 0 Å². The minimum Gasteiger partial charge on any atom is -0.374 e. The van der Waals surface area contributed by atoms with Crippen LogP contribution in [-0.2, 0) is 24.4 Å². The molecule has 1 aromatic carbocycles. The normalized spacial score (nSPS) is 18.9. The molecule has 1 saturated heterocycles. The number of ether oxygens (including phenoxy) is 1. The SMILES string of the molecule is CCn1c(CN2CCO[C@@H](Cn3cncn3)C2)nc2c(F)cccc21. The lowest BCUT2D eigenvalue weighted by atomic mass is 10.2. The molecule has 0 N–H and O–H groups in total. The fourth-order valence-electron chi connectivity index (χ4n) is 3.40. The van der Waals surface area contributed by atoms with Gasteiger partial charge in [0.2, 0.25) is 0 Å². The molecule has 1 fully saturated rings. The molecule has 7 nitrogen and oxygen atoms in total. The first kappa shape index (κ1) is 16.2. The minimum absolute atomic E-state index is 0.0617. The molecular weight excluding hydrogens is 323 g/mol. The van der Waals surface area contributed by atoms with Crippen molar-refractivity contribution < 1.29 is 9.13 Å². The molecule has 0 aliphatic carbocycles. The van der Waals surface area contributed by atoms with Gasteiger partial charge in [-0.05, 0) is 19.1 Å². The quantitative estimate of drug-likeness (QED) is 0.705. The van der Waals surface area contributed by atoms with Crippen LogP contribution in [0.2, 0.25) is 0 Å². The lowest BCUT2D eigenvalue weighted by Gasteiger charge is -2.32. The standard InChI is InChI=1S/C17H21FN6O/c1-2-24-15-5-3-4-14(18)17(15)21-16(24)10-22-6-7-25-13(8-22)9-23-12-19-11-20-23/h3-5,11-13H,2,6-10H2,1H3/t13-/m1/s1. The Hall–Kier alpha value is -2.32. The predicted molar refractivity (Wildman–Crippen MR) is 90.4 cm³/mol. The Balaban J connectivity index is 1.51. The predicted octanol–water partition coefficient (Wildman–Crippen LogP) is 1.69. The van der Waals surface area contributed by atoms with E-state index in [1.807, 2.05) is 6.07 Å². The maximum atomic E-state index is 14.0. The number of rotatable bonds is 5. The summed E-state index contributed by atoms with van der Waals surface area (Å²) in [5, 5.41) is 4.13. The average molecular weight is 344 g/mol. The van der Waals surface area contributed by atoms with Gasteiger partial charge >= 0.3 is 0 Å². The molecule has 8 heteroatoms. The zero-order valence-corrected chi connectivity index (χ0v) is 14.2. The molecular formula is C17H21FN6O. The van der Waals surface area contributed by atoms with E-state index < -0.39 is 0 Å². The van der Waals surface area contributed by atoms with E-state index in [1.54, 1.807) is 17.1 Å². The van der Waals surface area contributed by atoms with E-state index in [0.29, 0.717) is 25.2 Å². The second kappa shape index (κ2) is 6.89. The van der Waals surface area contributed by atoms with Gasteiger partial charge in [0.15, 0.2) is 5.82 Å². The number of halogens is 1. The third-order valence-electron chi connectivity index (χ3n) is 4.57. The van der Waals surface area contributed by atoms with Crippen molar-refractivity contribution in [1.29, 1.82) is 0 Å². The summed E-state index contributed by atoms with van der Waals surface area (Å²) in [6.45, 7) is 6.47. The van der Waals surface area contributed by atoms with E-state index in [0.717, 1.165) is 31.0 Å². The van der Waals surface area contributed by atoms with Crippen LogP contribution in [0.1, 0.15) is 12.7 Å². The molecule has 132 valence electrons. The Morgan fingerprint density at radius 2 is 2.28 bits per heavy atom. The Morgan fingerprint density at radius 1 is 1.36 bits per heavy atom. The van der Waals surface area contributed by atoms with E-state index in [9.17, 15) is 4.39 Å². The molecule has 0 bridgehead atoms. The molecule has 1 aliphatic rings. The Labute approximate surface area is 145 Å². The first-order valence-electron chi connectivity index (χ1n) is 8.54. The number of benzene rings is 1. The molecule has 1 aliphatic heterocycles. The molecule has 0 spiro atoms. The van der Waals surface area contributed by atoms with Crippen molar-refractivity contribution in [3.63, 3.8) is 0 Å². The van der Waals surface area contributed by atoms with Crippen LogP contribution in [0.4, 0.5) is 4.39 Å². The molecule has 0 radical (unpaired) electrons. The van der Waals surface area contributed by atoms with E-state index in [1.165, 1.54) is 12.4 Å². The molecule has 0 amide bonds. The highest BCUT2D eigenvalue weighted by Crippen LogP contribution is 2.21. The number of imidazole rings is 1. The van der Waals surface area contributed by atoms with Crippen LogP contribution >= 0.6 is 0 Å². The van der Waals surface area contributed by atoms with Crippen LogP contribution in [0.15, 0.2) is 30.9 Å². The van der Waals surface area contributed by atoms with Crippen molar-refractivity contribution in [2.75, 3.05) is 19.7 Å². The highest BCUT2D eigenvalue weighted by atomic mass is 19.1. The summed E-state index contributed by atoms with van der Waals surface area (Å²) >= 11 is 0. The minimum atomic E-state index is -0.267. The van der Waals surface area contributed by atoms with E-state index >= 15 is 0 Å². The van der Waals surface area contributed by atoms with Gasteiger partial charge in [0.1, 0.15) is 24.0 Å². The summed E-state index contributed by atoms with van der Waals surface area (Å²) in [5.74, 6) is 0.626. The lowest BCUT2D eigenvalue weighted by Crippen LogP contribution is -2.44. The van der Waals surface area contributed by atoms with Gasteiger partial charge in [0.05, 0.1) is 31.3 Å². The van der Waals surface area contributed by atoms with E-state index in [2.05, 4.69) is 31.5 Å². The maximum absolute atomic E-state index is 14.0. The number of hydrogen-bond acceptors (Lipinski definition) is 5. The van der Waals surface area contributed by atoms with Crippen LogP contribution < -0.4 is 0 Å². The van der Waals surface area contributed by atoms with Gasteiger partial charge in [-0.3, -0.25) is 9.58 Å². The Kier molecular flexibility index (Phi) is 4.46. The Morgan fingerprint density at radius 3 is 3.08 bits per heavy atom. The first-order chi connectivity index (χ1) is 12.2. The molecule has 3 aromatic rings. The third-order valence-corrected chi connectivity index (χ3v) is 4.57. The molecule has 0 saturated carbocycles. The molecule has 25 heavy (non-hydrogen) atoms. The topological polar surface area (TPSA) is 61.0 Å². The van der Waals surface area contributed by atoms with Gasteiger partial charge < -0.3 is 9.30 Å². The molecule has 0 unspecified atom stereocenters. The summed E-state index contributed by atoms with van der Waals surface area (Å²) in [7, 11) is 0. The highest BCUT2D eigenvalue weighted by molar-refractivity contribution is 5.76. The summed E-state index contributed by atoms with van der Waals surface area (Å²) < 4.78 is 23.7. The van der Waals surface area contributed by atoms with Crippen LogP contribution in [-0.4, -0.2) is 55.0 Å². The summed E-state index contributed by atoms with van der Waals surface area (Å²) in [5.41, 5.74) is 1.30. The van der Waals surface area contributed by atoms with Crippen molar-refractivity contribution in [1.82, 2.24) is 29.2 Å². The molecule has 1 atom stereocenters. The largest absolute Gasteiger partial charge is 0.374 e. The molecule has 3 heterocycles. The van der Waals surface area contributed by atoms with Crippen molar-refractivity contribution >= 4 is 11.0 Å². The Bertz CT molecular complexity index is 846. The number of nitrogens with zero attached hydrogens (tertiary/aromatic N) is 6. The number of para-hydroxylation sites is 1. The van der Waals surface area contributed by atoms with Gasteiger partial charge in [0, 0.05) is 19.6 Å². The smallest absolute Gasteiger partial charge is 0.151 e. The zero-order valence-electron chi connectivity index (χ0n) is 14.2. The highest BCUT2D eigenvalue weighted by Gasteiger charge is 2.23. The van der Waals surface area contributed by atoms with Crippen molar-refractivity contribution in [2.24, 2.45) is 0 Å². The van der Waals surface area contributed by atoms with Gasteiger partial charge in [0.25, 0.3) is 0 Å². The lowest BCUT2D eigenvalue weighted by molar-refractivity contribution is -0.0411. The van der Waals surface area contributed by atoms with Crippen molar-refractivity contribution in [3.05, 3.63) is 42.5 Å². The van der Waals surface area contributed by atoms with Gasteiger partial charge in [-0.15, -0.1) is 0 Å². The summed E-state index contributed by atoms with van der Waals surface area (Å²) in [6, 6.07) is 5.12. The number of fused-ring (bicyclic) bond motifs is 1. The molecule has 4 rings (SSSR count). The van der Waals surface area contributed by atoms with Crippen LogP contribution in [0, 0.1) is 5.82 Å². The number of aryl methyl sites for hydroxylation is 1. The fourth-order valence-corrected chi connectivity index (χ4v) is 3.40. The van der Waals surface area contributed by atoms with Crippen molar-refractivity contribution in [2.45, 2.75) is 32.7 Å². The second-order valence-electron chi connectivity index (χ2n) is 6.23. The van der Waals surface area contributed by atoms with E-state index in [4.69, 9.17) is 4.74 Å². The van der Waals surface area contributed by atoms with Gasteiger partial charge in [-0.25, -0.2) is 14.4 Å². The fraction of sp³-hybridized carbons (Fsp3) is 0.471. The first-order valence-corrected chi connectivity index (χ1v) is 8.54. The molecule has 2 aromatic heterocycles. The zero-order chi connectivity index (χ0) is 17.2. The summed E-state index contributed by atoms with van der Waals surface area (Å²) in [4.78, 5) is 10.8. The number of morpholine rings is 1. The number of hydrogen-bond donors (Lipinski definition) is 0. The second-order valence-corrected chi connectivity index (χ2v) is 6.23. The van der Waals surface area contributed by atoms with Crippen LogP contribution in [0.3, 0.4) is 0 Å². The van der Waals surface area contributed by atoms with Crippen LogP contribution in [0.5, 0.6) is 0 Å². The van der Waals surface area contributed by atoms with Crippen LogP contribution in [0.25, 0.3) is 11.0 Å².